The summed E-state index contributed by atoms with van der Waals surface area (Å²) in [6, 6.07) is 9.80. The van der Waals surface area contributed by atoms with Crippen LogP contribution in [0.15, 0.2) is 38.6 Å². The maximum atomic E-state index is 6.36. The molecule has 19 heavy (non-hydrogen) atoms. The largest absolute Gasteiger partial charge is 0.491 e. The maximum absolute atomic E-state index is 6.36. The lowest BCUT2D eigenvalue weighted by Gasteiger charge is -2.17. The van der Waals surface area contributed by atoms with Gasteiger partial charge in [-0.2, -0.15) is 0 Å². The molecule has 2 N–H and O–H groups in total. The highest BCUT2D eigenvalue weighted by Crippen LogP contribution is 2.38. The van der Waals surface area contributed by atoms with Crippen molar-refractivity contribution < 1.29 is 4.74 Å². The normalized spacial score (nSPS) is 12.7. The summed E-state index contributed by atoms with van der Waals surface area (Å²) in [7, 11) is 0. The zero-order chi connectivity index (χ0) is 14.0. The average molecular weight is 405 g/mol. The van der Waals surface area contributed by atoms with Gasteiger partial charge in [-0.15, -0.1) is 11.3 Å². The molecular weight excluding hydrogens is 390 g/mol. The quantitative estimate of drug-likeness (QED) is 0.768. The number of halogens is 2. The number of benzene rings is 1. The topological polar surface area (TPSA) is 35.2 Å². The Morgan fingerprint density at radius 3 is 2.47 bits per heavy atom. The number of ether oxygens (including phenoxy) is 1. The first-order valence-electron chi connectivity index (χ1n) is 5.95. The molecule has 1 atom stereocenters. The minimum Gasteiger partial charge on any atom is -0.491 e. The van der Waals surface area contributed by atoms with E-state index in [1.54, 1.807) is 11.3 Å². The van der Waals surface area contributed by atoms with E-state index < -0.39 is 0 Å². The van der Waals surface area contributed by atoms with E-state index in [-0.39, 0.29) is 12.1 Å². The highest BCUT2D eigenvalue weighted by atomic mass is 79.9. The molecule has 2 aromatic rings. The Morgan fingerprint density at radius 1 is 1.21 bits per heavy atom. The van der Waals surface area contributed by atoms with Gasteiger partial charge in [-0.1, -0.05) is 18.2 Å². The Morgan fingerprint density at radius 2 is 1.89 bits per heavy atom. The lowest BCUT2D eigenvalue weighted by molar-refractivity contribution is 0.239. The van der Waals surface area contributed by atoms with Crippen LogP contribution in [0.2, 0.25) is 0 Å². The van der Waals surface area contributed by atoms with E-state index in [1.807, 2.05) is 44.2 Å². The molecule has 0 aliphatic carbocycles. The van der Waals surface area contributed by atoms with Crippen LogP contribution in [0.5, 0.6) is 5.75 Å². The monoisotopic (exact) mass is 403 g/mol. The minimum absolute atomic E-state index is 0.134. The van der Waals surface area contributed by atoms with Gasteiger partial charge in [0.1, 0.15) is 5.75 Å². The summed E-state index contributed by atoms with van der Waals surface area (Å²) < 4.78 is 7.91. The molecular formula is C14H15Br2NOS. The number of rotatable bonds is 4. The zero-order valence-electron chi connectivity index (χ0n) is 10.7. The van der Waals surface area contributed by atoms with Crippen molar-refractivity contribution in [1.29, 1.82) is 0 Å². The van der Waals surface area contributed by atoms with Gasteiger partial charge < -0.3 is 10.5 Å². The standard InChI is InChI=1S/C14H15Br2NOS/c1-8(2)18-11-6-4-3-5-9(11)13(17)12-7-10(15)14(16)19-12/h3-8,13H,17H2,1-2H3. The van der Waals surface area contributed by atoms with Crippen molar-refractivity contribution in [2.45, 2.75) is 26.0 Å². The van der Waals surface area contributed by atoms with Gasteiger partial charge in [0, 0.05) is 14.9 Å². The summed E-state index contributed by atoms with van der Waals surface area (Å²) in [5.41, 5.74) is 7.38. The first kappa shape index (κ1) is 15.0. The van der Waals surface area contributed by atoms with Gasteiger partial charge in [-0.3, -0.25) is 0 Å². The van der Waals surface area contributed by atoms with Gasteiger partial charge in [0.05, 0.1) is 15.9 Å². The van der Waals surface area contributed by atoms with E-state index in [4.69, 9.17) is 10.5 Å². The molecule has 5 heteroatoms. The molecule has 0 aliphatic heterocycles. The Balaban J connectivity index is 2.35. The lowest BCUT2D eigenvalue weighted by atomic mass is 10.1. The van der Waals surface area contributed by atoms with Crippen LogP contribution in [0.4, 0.5) is 0 Å². The number of hydrogen-bond acceptors (Lipinski definition) is 3. The average Bonchev–Trinajstić information content (AvgIpc) is 2.69. The molecule has 2 nitrogen and oxygen atoms in total. The van der Waals surface area contributed by atoms with Gasteiger partial charge >= 0.3 is 0 Å². The molecule has 1 unspecified atom stereocenters. The predicted molar refractivity (Wildman–Crippen MR) is 88.0 cm³/mol. The summed E-state index contributed by atoms with van der Waals surface area (Å²) >= 11 is 8.63. The zero-order valence-corrected chi connectivity index (χ0v) is 14.7. The van der Waals surface area contributed by atoms with Gasteiger partial charge in [0.15, 0.2) is 0 Å². The molecule has 1 aromatic carbocycles. The van der Waals surface area contributed by atoms with E-state index in [9.17, 15) is 0 Å². The number of hydrogen-bond donors (Lipinski definition) is 1. The number of para-hydroxylation sites is 1. The predicted octanol–water partition coefficient (Wildman–Crippen LogP) is 5.11. The summed E-state index contributed by atoms with van der Waals surface area (Å²) in [4.78, 5) is 1.10. The van der Waals surface area contributed by atoms with Crippen LogP contribution < -0.4 is 10.5 Å². The Hall–Kier alpha value is -0.360. The molecule has 1 aromatic heterocycles. The molecule has 2 rings (SSSR count). The van der Waals surface area contributed by atoms with Crippen molar-refractivity contribution in [3.63, 3.8) is 0 Å². The number of nitrogens with two attached hydrogens (primary N) is 1. The lowest BCUT2D eigenvalue weighted by Crippen LogP contribution is -2.14. The number of thiophene rings is 1. The van der Waals surface area contributed by atoms with Crippen molar-refractivity contribution in [2.24, 2.45) is 5.73 Å². The van der Waals surface area contributed by atoms with Crippen LogP contribution in [0, 0.1) is 0 Å². The molecule has 0 saturated carbocycles. The second-order valence-corrected chi connectivity index (χ2v) is 7.71. The van der Waals surface area contributed by atoms with Crippen molar-refractivity contribution in [2.75, 3.05) is 0 Å². The fourth-order valence-corrected chi connectivity index (χ4v) is 3.88. The third-order valence-electron chi connectivity index (χ3n) is 2.59. The minimum atomic E-state index is -0.178. The van der Waals surface area contributed by atoms with E-state index in [0.29, 0.717) is 0 Å². The molecule has 102 valence electrons. The van der Waals surface area contributed by atoms with Gasteiger partial charge in [-0.25, -0.2) is 0 Å². The smallest absolute Gasteiger partial charge is 0.124 e. The summed E-state index contributed by atoms with van der Waals surface area (Å²) in [6.07, 6.45) is 0.134. The molecule has 0 aliphatic rings. The van der Waals surface area contributed by atoms with Crippen LogP contribution in [0.1, 0.15) is 30.3 Å². The van der Waals surface area contributed by atoms with Crippen molar-refractivity contribution in [3.8, 4) is 5.75 Å². The van der Waals surface area contributed by atoms with Crippen molar-refractivity contribution in [3.05, 3.63) is 49.0 Å². The third kappa shape index (κ3) is 3.60. The van der Waals surface area contributed by atoms with Gasteiger partial charge in [0.25, 0.3) is 0 Å². The molecule has 0 fully saturated rings. The first-order valence-corrected chi connectivity index (χ1v) is 8.35. The van der Waals surface area contributed by atoms with Crippen LogP contribution in [-0.2, 0) is 0 Å². The molecule has 0 saturated heterocycles. The third-order valence-corrected chi connectivity index (χ3v) is 5.93. The molecule has 0 radical (unpaired) electrons. The van der Waals surface area contributed by atoms with E-state index in [0.717, 1.165) is 24.4 Å². The fraction of sp³-hybridized carbons (Fsp3) is 0.286. The van der Waals surface area contributed by atoms with Crippen LogP contribution in [0.3, 0.4) is 0 Å². The second-order valence-electron chi connectivity index (χ2n) is 4.45. The molecule has 1 heterocycles. The Bertz CT molecular complexity index is 549. The highest BCUT2D eigenvalue weighted by molar-refractivity contribution is 9.13. The maximum Gasteiger partial charge on any atom is 0.124 e. The van der Waals surface area contributed by atoms with Crippen LogP contribution in [-0.4, -0.2) is 6.10 Å². The summed E-state index contributed by atoms with van der Waals surface area (Å²) in [6.45, 7) is 4.03. The van der Waals surface area contributed by atoms with Gasteiger partial charge in [0.2, 0.25) is 0 Å². The first-order chi connectivity index (χ1) is 8.99. The highest BCUT2D eigenvalue weighted by Gasteiger charge is 2.17. The molecule has 0 spiro atoms. The van der Waals surface area contributed by atoms with Crippen LogP contribution >= 0.6 is 43.2 Å². The fourth-order valence-electron chi connectivity index (χ4n) is 1.77. The Labute approximate surface area is 134 Å². The molecule has 0 bridgehead atoms. The summed E-state index contributed by atoms with van der Waals surface area (Å²) in [5, 5.41) is 0. The van der Waals surface area contributed by atoms with Crippen LogP contribution in [0.25, 0.3) is 0 Å². The van der Waals surface area contributed by atoms with E-state index >= 15 is 0 Å². The summed E-state index contributed by atoms with van der Waals surface area (Å²) in [5.74, 6) is 0.852. The van der Waals surface area contributed by atoms with E-state index in [2.05, 4.69) is 31.9 Å². The second kappa shape index (κ2) is 6.39. The SMILES string of the molecule is CC(C)Oc1ccccc1C(N)c1cc(Br)c(Br)s1. The van der Waals surface area contributed by atoms with Gasteiger partial charge in [-0.05, 0) is 57.8 Å². The van der Waals surface area contributed by atoms with Crippen molar-refractivity contribution in [1.82, 2.24) is 0 Å². The van der Waals surface area contributed by atoms with E-state index in [1.165, 1.54) is 0 Å². The van der Waals surface area contributed by atoms with Crippen molar-refractivity contribution >= 4 is 43.2 Å². The Kier molecular flexibility index (Phi) is 5.06. The molecule has 0 amide bonds.